The zero-order chi connectivity index (χ0) is 13.1. The Balaban J connectivity index is 2.20. The monoisotopic (exact) mass is 267 g/mol. The van der Waals surface area contributed by atoms with Crippen LogP contribution in [0.4, 0.5) is 5.82 Å². The minimum absolute atomic E-state index is 0.228. The van der Waals surface area contributed by atoms with E-state index >= 15 is 0 Å². The summed E-state index contributed by atoms with van der Waals surface area (Å²) in [6.45, 7) is 2.29. The number of carbonyl (C=O) groups excluding carboxylic acids is 1. The fourth-order valence-corrected chi connectivity index (χ4v) is 2.72. The van der Waals surface area contributed by atoms with Crippen LogP contribution in [0.1, 0.15) is 43.0 Å². The van der Waals surface area contributed by atoms with E-state index in [-0.39, 0.29) is 5.15 Å². The van der Waals surface area contributed by atoms with Gasteiger partial charge in [-0.1, -0.05) is 18.5 Å². The smallest absolute Gasteiger partial charge is 0.156 e. The Morgan fingerprint density at radius 2 is 2.00 bits per heavy atom. The summed E-state index contributed by atoms with van der Waals surface area (Å²) in [7, 11) is 1.98. The van der Waals surface area contributed by atoms with Crippen molar-refractivity contribution in [3.63, 3.8) is 0 Å². The number of anilines is 1. The van der Waals surface area contributed by atoms with Crippen LogP contribution in [0.15, 0.2) is 6.33 Å². The van der Waals surface area contributed by atoms with Crippen LogP contribution < -0.4 is 4.90 Å². The molecule has 1 aromatic rings. The number of halogens is 1. The summed E-state index contributed by atoms with van der Waals surface area (Å²) >= 11 is 5.93. The van der Waals surface area contributed by atoms with Gasteiger partial charge in [-0.25, -0.2) is 9.97 Å². The summed E-state index contributed by atoms with van der Waals surface area (Å²) in [4.78, 5) is 21.2. The lowest BCUT2D eigenvalue weighted by Gasteiger charge is -2.34. The molecule has 0 amide bonds. The number of aromatic nitrogens is 2. The van der Waals surface area contributed by atoms with E-state index in [4.69, 9.17) is 11.6 Å². The molecule has 0 aromatic carbocycles. The first-order valence-corrected chi connectivity index (χ1v) is 6.69. The Morgan fingerprint density at radius 3 is 2.61 bits per heavy atom. The maximum Gasteiger partial charge on any atom is 0.156 e. The third-order valence-electron chi connectivity index (χ3n) is 3.80. The fraction of sp³-hybridized carbons (Fsp3) is 0.615. The van der Waals surface area contributed by atoms with E-state index in [1.54, 1.807) is 0 Å². The van der Waals surface area contributed by atoms with E-state index in [0.717, 1.165) is 25.0 Å². The lowest BCUT2D eigenvalue weighted by molar-refractivity contribution is 0.112. The van der Waals surface area contributed by atoms with Crippen molar-refractivity contribution in [3.8, 4) is 0 Å². The minimum Gasteiger partial charge on any atom is -0.356 e. The SMILES string of the molecule is CC1CCC(N(C)c2ncnc(Cl)c2C=O)CC1. The number of hydrogen-bond acceptors (Lipinski definition) is 4. The van der Waals surface area contributed by atoms with E-state index in [1.165, 1.54) is 19.2 Å². The van der Waals surface area contributed by atoms with Gasteiger partial charge in [0.15, 0.2) is 6.29 Å². The average Bonchev–Trinajstić information content (AvgIpc) is 2.38. The van der Waals surface area contributed by atoms with Crippen molar-refractivity contribution in [2.45, 2.75) is 38.6 Å². The van der Waals surface area contributed by atoms with E-state index in [1.807, 2.05) is 7.05 Å². The van der Waals surface area contributed by atoms with Crippen molar-refractivity contribution >= 4 is 23.7 Å². The van der Waals surface area contributed by atoms with Crippen LogP contribution in [0.5, 0.6) is 0 Å². The Hall–Kier alpha value is -1.16. The molecule has 0 aliphatic heterocycles. The molecule has 0 atom stereocenters. The molecule has 98 valence electrons. The van der Waals surface area contributed by atoms with Crippen molar-refractivity contribution < 1.29 is 4.79 Å². The van der Waals surface area contributed by atoms with Gasteiger partial charge in [-0.3, -0.25) is 4.79 Å². The highest BCUT2D eigenvalue weighted by atomic mass is 35.5. The lowest BCUT2D eigenvalue weighted by Crippen LogP contribution is -2.36. The third-order valence-corrected chi connectivity index (χ3v) is 4.10. The van der Waals surface area contributed by atoms with Crippen molar-refractivity contribution in [2.75, 3.05) is 11.9 Å². The molecule has 1 aliphatic rings. The molecule has 1 saturated carbocycles. The summed E-state index contributed by atoms with van der Waals surface area (Å²) in [5.74, 6) is 1.44. The highest BCUT2D eigenvalue weighted by Crippen LogP contribution is 2.30. The molecule has 0 N–H and O–H groups in total. The van der Waals surface area contributed by atoms with Crippen molar-refractivity contribution in [1.82, 2.24) is 9.97 Å². The highest BCUT2D eigenvalue weighted by Gasteiger charge is 2.24. The second kappa shape index (κ2) is 5.65. The Bertz CT molecular complexity index is 430. The number of rotatable bonds is 3. The van der Waals surface area contributed by atoms with Crippen LogP contribution in [-0.4, -0.2) is 29.3 Å². The van der Waals surface area contributed by atoms with Crippen LogP contribution in [0.3, 0.4) is 0 Å². The second-order valence-corrected chi connectivity index (χ2v) is 5.40. The summed E-state index contributed by atoms with van der Waals surface area (Å²) in [5, 5.41) is 0.228. The Kier molecular flexibility index (Phi) is 4.17. The normalized spacial score (nSPS) is 23.7. The predicted molar refractivity (Wildman–Crippen MR) is 72.3 cm³/mol. The molecule has 0 spiro atoms. The second-order valence-electron chi connectivity index (χ2n) is 5.04. The maximum atomic E-state index is 11.1. The van der Waals surface area contributed by atoms with Gasteiger partial charge in [0.2, 0.25) is 0 Å². The molecule has 0 bridgehead atoms. The highest BCUT2D eigenvalue weighted by molar-refractivity contribution is 6.32. The number of aldehydes is 1. The Labute approximate surface area is 112 Å². The number of nitrogens with zero attached hydrogens (tertiary/aromatic N) is 3. The molecule has 18 heavy (non-hydrogen) atoms. The van der Waals surface area contributed by atoms with Crippen molar-refractivity contribution in [3.05, 3.63) is 17.0 Å². The molecule has 1 aliphatic carbocycles. The zero-order valence-corrected chi connectivity index (χ0v) is 11.5. The minimum atomic E-state index is 0.228. The van der Waals surface area contributed by atoms with E-state index in [2.05, 4.69) is 21.8 Å². The molecule has 1 aromatic heterocycles. The standard InChI is InChI=1S/C13H18ClN3O/c1-9-3-5-10(6-4-9)17(2)13-11(7-18)12(14)15-8-16-13/h7-10H,3-6H2,1-2H3. The van der Waals surface area contributed by atoms with Gasteiger partial charge >= 0.3 is 0 Å². The van der Waals surface area contributed by atoms with Crippen LogP contribution in [-0.2, 0) is 0 Å². The third kappa shape index (κ3) is 2.64. The molecule has 0 radical (unpaired) electrons. The van der Waals surface area contributed by atoms with E-state index in [9.17, 15) is 4.79 Å². The van der Waals surface area contributed by atoms with Gasteiger partial charge in [0.25, 0.3) is 0 Å². The van der Waals surface area contributed by atoms with Crippen molar-refractivity contribution in [1.29, 1.82) is 0 Å². The fourth-order valence-electron chi connectivity index (χ4n) is 2.55. The summed E-state index contributed by atoms with van der Waals surface area (Å²) in [6, 6.07) is 0.436. The first-order chi connectivity index (χ1) is 8.63. The predicted octanol–water partition coefficient (Wildman–Crippen LogP) is 2.96. The largest absolute Gasteiger partial charge is 0.356 e. The topological polar surface area (TPSA) is 46.1 Å². The zero-order valence-electron chi connectivity index (χ0n) is 10.8. The summed E-state index contributed by atoms with van der Waals surface area (Å²) in [5.41, 5.74) is 0.389. The summed E-state index contributed by atoms with van der Waals surface area (Å²) < 4.78 is 0. The van der Waals surface area contributed by atoms with Gasteiger partial charge < -0.3 is 4.90 Å². The van der Waals surface area contributed by atoms with Gasteiger partial charge in [0, 0.05) is 13.1 Å². The van der Waals surface area contributed by atoms with Crippen molar-refractivity contribution in [2.24, 2.45) is 5.92 Å². The number of carbonyl (C=O) groups is 1. The summed E-state index contributed by atoms with van der Waals surface area (Å²) in [6.07, 6.45) is 6.87. The molecular formula is C13H18ClN3O. The van der Waals surface area contributed by atoms with E-state index < -0.39 is 0 Å². The molecule has 1 fully saturated rings. The lowest BCUT2D eigenvalue weighted by atomic mass is 9.87. The van der Waals surface area contributed by atoms with Gasteiger partial charge in [-0.05, 0) is 31.6 Å². The first kappa shape index (κ1) is 13.3. The van der Waals surface area contributed by atoms with Crippen LogP contribution >= 0.6 is 11.6 Å². The van der Waals surface area contributed by atoms with Gasteiger partial charge in [0.1, 0.15) is 17.3 Å². The van der Waals surface area contributed by atoms with Crippen LogP contribution in [0.2, 0.25) is 5.15 Å². The molecule has 4 nitrogen and oxygen atoms in total. The number of hydrogen-bond donors (Lipinski definition) is 0. The van der Waals surface area contributed by atoms with E-state index in [0.29, 0.717) is 17.4 Å². The molecule has 5 heteroatoms. The van der Waals surface area contributed by atoms with Gasteiger partial charge in [-0.15, -0.1) is 0 Å². The van der Waals surface area contributed by atoms with Crippen LogP contribution in [0.25, 0.3) is 0 Å². The first-order valence-electron chi connectivity index (χ1n) is 6.32. The maximum absolute atomic E-state index is 11.1. The average molecular weight is 268 g/mol. The van der Waals surface area contributed by atoms with Crippen LogP contribution in [0, 0.1) is 5.92 Å². The molecule has 0 saturated heterocycles. The molecular weight excluding hydrogens is 250 g/mol. The molecule has 0 unspecified atom stereocenters. The van der Waals surface area contributed by atoms with Gasteiger partial charge in [0.05, 0.1) is 5.56 Å². The quantitative estimate of drug-likeness (QED) is 0.624. The van der Waals surface area contributed by atoms with Gasteiger partial charge in [-0.2, -0.15) is 0 Å². The molecule has 2 rings (SSSR count). The Morgan fingerprint density at radius 1 is 1.33 bits per heavy atom. The molecule has 1 heterocycles.